The second kappa shape index (κ2) is 14.3. The minimum Gasteiger partial charge on any atom is -0.497 e. The number of esters is 1. The Morgan fingerprint density at radius 1 is 1.07 bits per heavy atom. The van der Waals surface area contributed by atoms with E-state index >= 15 is 0 Å². The van der Waals surface area contributed by atoms with E-state index in [0.717, 1.165) is 44.8 Å². The molecule has 0 N–H and O–H groups in total. The van der Waals surface area contributed by atoms with E-state index in [4.69, 9.17) is 9.47 Å². The van der Waals surface area contributed by atoms with Crippen molar-refractivity contribution in [3.63, 3.8) is 0 Å². The van der Waals surface area contributed by atoms with Crippen molar-refractivity contribution in [2.45, 2.75) is 33.6 Å². The molecule has 0 aliphatic heterocycles. The summed E-state index contributed by atoms with van der Waals surface area (Å²) in [7, 11) is 3.04. The van der Waals surface area contributed by atoms with Crippen LogP contribution in [0.1, 0.15) is 39.2 Å². The highest BCUT2D eigenvalue weighted by Gasteiger charge is 2.26. The molecule has 4 rings (SSSR count). The largest absolute Gasteiger partial charge is 0.497 e. The molecule has 3 aliphatic carbocycles. The van der Waals surface area contributed by atoms with Gasteiger partial charge in [-0.3, -0.25) is 10.1 Å². The molecule has 3 aliphatic rings. The molecule has 6 heteroatoms. The average molecular weight is 576 g/mol. The van der Waals surface area contributed by atoms with E-state index in [2.05, 4.69) is 38.2 Å². The number of benzene rings is 1. The van der Waals surface area contributed by atoms with Gasteiger partial charge in [-0.05, 0) is 88.5 Å². The predicted octanol–water partition coefficient (Wildman–Crippen LogP) is 8.51. The molecule has 0 fully saturated rings. The fourth-order valence-electron chi connectivity index (χ4n) is 5.03. The standard InChI is InChI=1S/C37H37NO5/c1-25(2)30-18-12-26(3)35-31(24-30)10-7-11-34(36(35)37(39)43-5)29(19-13-28-16-22-33(42-4)23-17-28)9-6-8-27-14-20-32(21-15-27)38(40)41/h7-14,16-25H,6,15H2,1-5H3/b19-13?,27-8-,29-9+. The van der Waals surface area contributed by atoms with Gasteiger partial charge >= 0.3 is 5.97 Å². The summed E-state index contributed by atoms with van der Waals surface area (Å²) in [6, 6.07) is 7.75. The summed E-state index contributed by atoms with van der Waals surface area (Å²) in [4.78, 5) is 24.2. The Morgan fingerprint density at radius 2 is 1.84 bits per heavy atom. The summed E-state index contributed by atoms with van der Waals surface area (Å²) < 4.78 is 10.7. The van der Waals surface area contributed by atoms with Crippen LogP contribution < -0.4 is 4.74 Å². The molecular formula is C37H37NO5. The first-order valence-electron chi connectivity index (χ1n) is 14.3. The highest BCUT2D eigenvalue weighted by Crippen LogP contribution is 2.37. The van der Waals surface area contributed by atoms with E-state index in [1.807, 2.05) is 67.6 Å². The molecule has 0 amide bonds. The van der Waals surface area contributed by atoms with Crippen LogP contribution in [0.5, 0.6) is 5.75 Å². The molecule has 0 spiro atoms. The molecule has 43 heavy (non-hydrogen) atoms. The summed E-state index contributed by atoms with van der Waals surface area (Å²) in [5.41, 5.74) is 8.12. The fourth-order valence-corrected chi connectivity index (χ4v) is 5.03. The SMILES string of the molecule is COC(=O)C1=C(/C(C=Cc2ccc(OC)cc2)=C/C/C=C2/C=CC([N+](=O)[O-])=CC2)C=CC=C2C=C(C(C)C)C=CC(C)=C21. The number of nitrogens with zero attached hydrogens (tertiary/aromatic N) is 1. The summed E-state index contributed by atoms with van der Waals surface area (Å²) in [6.07, 6.45) is 26.4. The van der Waals surface area contributed by atoms with Gasteiger partial charge in [0.15, 0.2) is 0 Å². The molecule has 6 nitrogen and oxygen atoms in total. The van der Waals surface area contributed by atoms with Crippen molar-refractivity contribution in [3.8, 4) is 5.75 Å². The monoisotopic (exact) mass is 575 g/mol. The number of hydrogen-bond acceptors (Lipinski definition) is 5. The lowest BCUT2D eigenvalue weighted by molar-refractivity contribution is -0.419. The van der Waals surface area contributed by atoms with Gasteiger partial charge in [0, 0.05) is 6.08 Å². The van der Waals surface area contributed by atoms with Gasteiger partial charge in [0.05, 0.1) is 24.7 Å². The third-order valence-corrected chi connectivity index (χ3v) is 7.47. The van der Waals surface area contributed by atoms with Crippen molar-refractivity contribution in [2.75, 3.05) is 14.2 Å². The van der Waals surface area contributed by atoms with Gasteiger partial charge in [-0.2, -0.15) is 0 Å². The van der Waals surface area contributed by atoms with Crippen LogP contribution in [0, 0.1) is 16.0 Å². The van der Waals surface area contributed by atoms with E-state index in [1.165, 1.54) is 18.8 Å². The van der Waals surface area contributed by atoms with E-state index in [1.54, 1.807) is 19.3 Å². The molecule has 0 aromatic heterocycles. The smallest absolute Gasteiger partial charge is 0.339 e. The number of carbonyl (C=O) groups excluding carboxylic acids is 1. The Balaban J connectivity index is 1.83. The van der Waals surface area contributed by atoms with Gasteiger partial charge in [0.25, 0.3) is 5.70 Å². The van der Waals surface area contributed by atoms with Gasteiger partial charge in [0.1, 0.15) is 5.75 Å². The molecule has 220 valence electrons. The molecule has 0 saturated carbocycles. The minimum absolute atomic E-state index is 0.103. The van der Waals surface area contributed by atoms with Crippen LogP contribution in [0.25, 0.3) is 6.08 Å². The lowest BCUT2D eigenvalue weighted by Gasteiger charge is -2.17. The van der Waals surface area contributed by atoms with Crippen LogP contribution in [-0.2, 0) is 9.53 Å². The van der Waals surface area contributed by atoms with Crippen LogP contribution in [0.3, 0.4) is 0 Å². The zero-order valence-electron chi connectivity index (χ0n) is 25.3. The number of fused-ring (bicyclic) bond motifs is 1. The maximum absolute atomic E-state index is 13.5. The Morgan fingerprint density at radius 3 is 2.47 bits per heavy atom. The second-order valence-electron chi connectivity index (χ2n) is 10.7. The quantitative estimate of drug-likeness (QED) is 0.128. The fraction of sp³-hybridized carbons (Fsp3) is 0.216. The highest BCUT2D eigenvalue weighted by atomic mass is 16.6. The topological polar surface area (TPSA) is 78.7 Å². The first-order chi connectivity index (χ1) is 20.7. The van der Waals surface area contributed by atoms with E-state index in [0.29, 0.717) is 24.3 Å². The molecule has 0 saturated heterocycles. The number of methoxy groups -OCH3 is 2. The first-order valence-corrected chi connectivity index (χ1v) is 14.3. The van der Waals surface area contributed by atoms with E-state index < -0.39 is 5.97 Å². The predicted molar refractivity (Wildman–Crippen MR) is 173 cm³/mol. The van der Waals surface area contributed by atoms with Crippen molar-refractivity contribution in [1.82, 2.24) is 0 Å². The molecule has 1 aromatic rings. The van der Waals surface area contributed by atoms with Crippen molar-refractivity contribution in [1.29, 1.82) is 0 Å². The summed E-state index contributed by atoms with van der Waals surface area (Å²) in [5.74, 6) is 0.682. The van der Waals surface area contributed by atoms with E-state index in [9.17, 15) is 14.9 Å². The molecule has 1 aromatic carbocycles. The second-order valence-corrected chi connectivity index (χ2v) is 10.7. The third-order valence-electron chi connectivity index (χ3n) is 7.47. The maximum atomic E-state index is 13.5. The summed E-state index contributed by atoms with van der Waals surface area (Å²) >= 11 is 0. The van der Waals surface area contributed by atoms with Crippen LogP contribution in [0.4, 0.5) is 0 Å². The number of ether oxygens (including phenoxy) is 2. The summed E-state index contributed by atoms with van der Waals surface area (Å²) in [5, 5.41) is 11.1. The number of allylic oxidation sites excluding steroid dienone is 18. The van der Waals surface area contributed by atoms with Crippen molar-refractivity contribution >= 4 is 12.0 Å². The number of nitro groups is 1. The lowest BCUT2D eigenvalue weighted by atomic mass is 9.87. The summed E-state index contributed by atoms with van der Waals surface area (Å²) in [6.45, 7) is 6.33. The third kappa shape index (κ3) is 7.66. The number of carbonyl (C=O) groups is 1. The van der Waals surface area contributed by atoms with E-state index in [-0.39, 0.29) is 10.6 Å². The van der Waals surface area contributed by atoms with Crippen molar-refractivity contribution < 1.29 is 19.2 Å². The Kier molecular flexibility index (Phi) is 10.3. The molecule has 0 radical (unpaired) electrons. The Labute approximate surface area is 253 Å². The number of hydrogen-bond donors (Lipinski definition) is 0. The molecule has 0 atom stereocenters. The maximum Gasteiger partial charge on any atom is 0.339 e. The zero-order chi connectivity index (χ0) is 30.9. The molecule has 0 heterocycles. The number of rotatable bonds is 9. The first kappa shape index (κ1) is 31.0. The van der Waals surface area contributed by atoms with Gasteiger partial charge < -0.3 is 9.47 Å². The minimum atomic E-state index is -0.411. The molecule has 0 unspecified atom stereocenters. The normalized spacial score (nSPS) is 18.0. The average Bonchev–Trinajstić information content (AvgIpc) is 3.30. The molecule has 0 bridgehead atoms. The lowest BCUT2D eigenvalue weighted by Crippen LogP contribution is -2.12. The Bertz CT molecular complexity index is 1630. The van der Waals surface area contributed by atoms with Crippen molar-refractivity contribution in [2.24, 2.45) is 5.92 Å². The van der Waals surface area contributed by atoms with Crippen LogP contribution in [0.15, 0.2) is 147 Å². The van der Waals surface area contributed by atoms with Crippen LogP contribution in [0.2, 0.25) is 0 Å². The van der Waals surface area contributed by atoms with Gasteiger partial charge in [-0.15, -0.1) is 0 Å². The van der Waals surface area contributed by atoms with Crippen LogP contribution >= 0.6 is 0 Å². The zero-order valence-corrected chi connectivity index (χ0v) is 25.3. The van der Waals surface area contributed by atoms with Crippen LogP contribution in [-0.4, -0.2) is 25.1 Å². The van der Waals surface area contributed by atoms with Gasteiger partial charge in [-0.25, -0.2) is 4.79 Å². The molecular weight excluding hydrogens is 538 g/mol. The van der Waals surface area contributed by atoms with Gasteiger partial charge in [0.2, 0.25) is 0 Å². The highest BCUT2D eigenvalue weighted by molar-refractivity contribution is 5.99. The van der Waals surface area contributed by atoms with Gasteiger partial charge in [-0.1, -0.05) is 92.8 Å². The Hall–Kier alpha value is -4.97. The van der Waals surface area contributed by atoms with Crippen molar-refractivity contribution in [3.05, 3.63) is 163 Å².